The van der Waals surface area contributed by atoms with Gasteiger partial charge in [0.2, 0.25) is 0 Å². The van der Waals surface area contributed by atoms with E-state index in [0.717, 1.165) is 25.7 Å². The number of hydrogen-bond donors (Lipinski definition) is 0. The molecule has 0 heterocycles. The van der Waals surface area contributed by atoms with Crippen LogP contribution in [0.4, 0.5) is 0 Å². The first-order valence-electron chi connectivity index (χ1n) is 5.34. The van der Waals surface area contributed by atoms with Crippen molar-refractivity contribution in [2.24, 2.45) is 5.92 Å². The molecule has 0 spiro atoms. The highest BCUT2D eigenvalue weighted by atomic mass is 31.2. The predicted octanol–water partition coefficient (Wildman–Crippen LogP) is 2.62. The van der Waals surface area contributed by atoms with Gasteiger partial charge in [0.05, 0.1) is 0 Å². The van der Waals surface area contributed by atoms with Gasteiger partial charge in [0.1, 0.15) is 11.9 Å². The van der Waals surface area contributed by atoms with Crippen LogP contribution >= 0.6 is 7.60 Å². The van der Waals surface area contributed by atoms with Crippen molar-refractivity contribution in [2.45, 2.75) is 32.1 Å². The third-order valence-electron chi connectivity index (χ3n) is 2.97. The van der Waals surface area contributed by atoms with Crippen molar-refractivity contribution in [3.63, 3.8) is 0 Å². The number of carbonyl (C=O) groups is 1. The Hall–Kier alpha value is -0.180. The van der Waals surface area contributed by atoms with E-state index in [9.17, 15) is 9.36 Å². The van der Waals surface area contributed by atoms with Crippen LogP contribution in [0.5, 0.6) is 0 Å². The van der Waals surface area contributed by atoms with Crippen LogP contribution < -0.4 is 0 Å². The SMILES string of the molecule is COP(=O)(CC(=O)C1CCCCC1)OC. The topological polar surface area (TPSA) is 52.6 Å². The van der Waals surface area contributed by atoms with E-state index in [0.29, 0.717) is 0 Å². The molecule has 1 fully saturated rings. The fraction of sp³-hybridized carbons (Fsp3) is 0.900. The summed E-state index contributed by atoms with van der Waals surface area (Å²) in [6.07, 6.45) is 5.17. The van der Waals surface area contributed by atoms with E-state index < -0.39 is 7.60 Å². The van der Waals surface area contributed by atoms with Gasteiger partial charge in [-0.3, -0.25) is 9.36 Å². The third kappa shape index (κ3) is 3.71. The fourth-order valence-corrected chi connectivity index (χ4v) is 3.00. The van der Waals surface area contributed by atoms with Gasteiger partial charge < -0.3 is 9.05 Å². The van der Waals surface area contributed by atoms with Gasteiger partial charge >= 0.3 is 7.60 Å². The van der Waals surface area contributed by atoms with Crippen LogP contribution in [-0.4, -0.2) is 26.2 Å². The Labute approximate surface area is 90.9 Å². The summed E-state index contributed by atoms with van der Waals surface area (Å²) >= 11 is 0. The first kappa shape index (κ1) is 12.9. The van der Waals surface area contributed by atoms with Gasteiger partial charge in [-0.15, -0.1) is 0 Å². The number of hydrogen-bond acceptors (Lipinski definition) is 4. The smallest absolute Gasteiger partial charge is 0.312 e. The van der Waals surface area contributed by atoms with Crippen LogP contribution in [-0.2, 0) is 18.4 Å². The molecule has 0 unspecified atom stereocenters. The highest BCUT2D eigenvalue weighted by Crippen LogP contribution is 2.47. The van der Waals surface area contributed by atoms with Crippen LogP contribution in [0.3, 0.4) is 0 Å². The summed E-state index contributed by atoms with van der Waals surface area (Å²) in [6.45, 7) is 0. The third-order valence-corrected chi connectivity index (χ3v) is 4.78. The minimum Gasteiger partial charge on any atom is -0.312 e. The van der Waals surface area contributed by atoms with Gasteiger partial charge in [-0.25, -0.2) is 0 Å². The van der Waals surface area contributed by atoms with E-state index in [1.807, 2.05) is 0 Å². The summed E-state index contributed by atoms with van der Waals surface area (Å²) in [6, 6.07) is 0. The number of carbonyl (C=O) groups excluding carboxylic acids is 1. The largest absolute Gasteiger partial charge is 0.337 e. The fourth-order valence-electron chi connectivity index (χ4n) is 1.95. The van der Waals surface area contributed by atoms with Crippen molar-refractivity contribution in [2.75, 3.05) is 20.4 Å². The zero-order valence-corrected chi connectivity index (χ0v) is 10.3. The minimum atomic E-state index is -3.15. The van der Waals surface area contributed by atoms with E-state index in [1.165, 1.54) is 20.6 Å². The molecule has 0 aromatic rings. The van der Waals surface area contributed by atoms with Gasteiger partial charge in [-0.05, 0) is 12.8 Å². The molecule has 4 nitrogen and oxygen atoms in total. The van der Waals surface area contributed by atoms with Crippen LogP contribution in [0.25, 0.3) is 0 Å². The van der Waals surface area contributed by atoms with Crippen molar-refractivity contribution in [1.82, 2.24) is 0 Å². The summed E-state index contributed by atoms with van der Waals surface area (Å²) in [4.78, 5) is 11.8. The van der Waals surface area contributed by atoms with E-state index in [4.69, 9.17) is 9.05 Å². The molecule has 0 N–H and O–H groups in total. The molecule has 0 aromatic heterocycles. The molecular formula is C10H19O4P. The van der Waals surface area contributed by atoms with E-state index in [-0.39, 0.29) is 17.9 Å². The Bertz CT molecular complexity index is 250. The summed E-state index contributed by atoms with van der Waals surface area (Å²) in [5, 5.41) is 0. The van der Waals surface area contributed by atoms with Crippen molar-refractivity contribution >= 4 is 13.4 Å². The lowest BCUT2D eigenvalue weighted by molar-refractivity contribution is -0.121. The van der Waals surface area contributed by atoms with Gasteiger partial charge in [0.15, 0.2) is 0 Å². The molecule has 1 saturated carbocycles. The quantitative estimate of drug-likeness (QED) is 0.686. The van der Waals surface area contributed by atoms with E-state index >= 15 is 0 Å². The van der Waals surface area contributed by atoms with Gasteiger partial charge in [0, 0.05) is 20.1 Å². The normalized spacial score (nSPS) is 19.1. The zero-order chi connectivity index (χ0) is 11.3. The van der Waals surface area contributed by atoms with E-state index in [2.05, 4.69) is 0 Å². The predicted molar refractivity (Wildman–Crippen MR) is 58.1 cm³/mol. The van der Waals surface area contributed by atoms with Crippen LogP contribution in [0.2, 0.25) is 0 Å². The molecule has 0 saturated heterocycles. The van der Waals surface area contributed by atoms with Crippen LogP contribution in [0.1, 0.15) is 32.1 Å². The molecule has 0 radical (unpaired) electrons. The molecule has 0 amide bonds. The lowest BCUT2D eigenvalue weighted by Gasteiger charge is -2.21. The molecule has 5 heteroatoms. The monoisotopic (exact) mass is 234 g/mol. The summed E-state index contributed by atoms with van der Waals surface area (Å²) in [5.74, 6) is 0.0964. The zero-order valence-electron chi connectivity index (χ0n) is 9.40. The molecule has 88 valence electrons. The molecule has 1 aliphatic carbocycles. The summed E-state index contributed by atoms with van der Waals surface area (Å²) in [5.41, 5.74) is 0. The van der Waals surface area contributed by atoms with Gasteiger partial charge in [-0.2, -0.15) is 0 Å². The van der Waals surface area contributed by atoms with Crippen molar-refractivity contribution in [1.29, 1.82) is 0 Å². The maximum absolute atomic E-state index is 11.8. The number of ketones is 1. The van der Waals surface area contributed by atoms with Crippen LogP contribution in [0, 0.1) is 5.92 Å². The molecule has 1 aliphatic rings. The second-order valence-electron chi connectivity index (χ2n) is 3.94. The number of rotatable bonds is 5. The van der Waals surface area contributed by atoms with Crippen molar-refractivity contribution in [3.05, 3.63) is 0 Å². The Balaban J connectivity index is 2.49. The van der Waals surface area contributed by atoms with E-state index in [1.54, 1.807) is 0 Å². The first-order chi connectivity index (χ1) is 7.11. The maximum Gasteiger partial charge on any atom is 0.337 e. The number of Topliss-reactive ketones (excluding diaryl/α,β-unsaturated/α-hetero) is 1. The summed E-state index contributed by atoms with van der Waals surface area (Å²) in [7, 11) is -0.518. The second kappa shape index (κ2) is 5.78. The lowest BCUT2D eigenvalue weighted by atomic mass is 9.87. The molecule has 0 bridgehead atoms. The molecule has 0 aromatic carbocycles. The van der Waals surface area contributed by atoms with Gasteiger partial charge in [-0.1, -0.05) is 19.3 Å². The minimum absolute atomic E-state index is 0.0294. The van der Waals surface area contributed by atoms with Crippen LogP contribution in [0.15, 0.2) is 0 Å². The van der Waals surface area contributed by atoms with Crippen molar-refractivity contribution in [3.8, 4) is 0 Å². The molecule has 1 rings (SSSR count). The Morgan fingerprint density at radius 1 is 1.20 bits per heavy atom. The standard InChI is InChI=1S/C10H19O4P/c1-13-15(12,14-2)8-10(11)9-6-4-3-5-7-9/h9H,3-8H2,1-2H3. The second-order valence-corrected chi connectivity index (χ2v) is 6.20. The molecule has 15 heavy (non-hydrogen) atoms. The highest BCUT2D eigenvalue weighted by Gasteiger charge is 2.30. The van der Waals surface area contributed by atoms with Crippen molar-refractivity contribution < 1.29 is 18.4 Å². The maximum atomic E-state index is 11.8. The average molecular weight is 234 g/mol. The Kier molecular flexibility index (Phi) is 4.97. The van der Waals surface area contributed by atoms with Gasteiger partial charge in [0.25, 0.3) is 0 Å². The molecular weight excluding hydrogens is 215 g/mol. The Morgan fingerprint density at radius 3 is 2.20 bits per heavy atom. The lowest BCUT2D eigenvalue weighted by Crippen LogP contribution is -2.21. The molecule has 0 atom stereocenters. The first-order valence-corrected chi connectivity index (χ1v) is 7.07. The Morgan fingerprint density at radius 2 is 1.73 bits per heavy atom. The molecule has 0 aliphatic heterocycles. The summed E-state index contributed by atoms with van der Waals surface area (Å²) < 4.78 is 21.3. The highest BCUT2D eigenvalue weighted by molar-refractivity contribution is 7.54. The average Bonchev–Trinajstić information content (AvgIpc) is 2.30.